The molecule has 0 saturated carbocycles. The normalized spacial score (nSPS) is 11.0. The van der Waals surface area contributed by atoms with Gasteiger partial charge in [0.15, 0.2) is 0 Å². The zero-order valence-corrected chi connectivity index (χ0v) is 9.84. The van der Waals surface area contributed by atoms with Gasteiger partial charge < -0.3 is 14.7 Å². The summed E-state index contributed by atoms with van der Waals surface area (Å²) in [4.78, 5) is 15.2. The van der Waals surface area contributed by atoms with Crippen LogP contribution in [0.15, 0.2) is 41.1 Å². The quantitative estimate of drug-likeness (QED) is 0.780. The summed E-state index contributed by atoms with van der Waals surface area (Å²) in [5.41, 5.74) is 6.53. The lowest BCUT2D eigenvalue weighted by molar-refractivity contribution is -0.118. The van der Waals surface area contributed by atoms with Crippen molar-refractivity contribution in [1.82, 2.24) is 9.55 Å². The number of carbonyl (C=O) groups is 1. The van der Waals surface area contributed by atoms with Gasteiger partial charge in [-0.1, -0.05) is 0 Å². The summed E-state index contributed by atoms with van der Waals surface area (Å²) in [5.74, 6) is -0.477. The van der Waals surface area contributed by atoms with Gasteiger partial charge in [0.25, 0.3) is 0 Å². The number of rotatable bonds is 3. The predicted molar refractivity (Wildman–Crippen MR) is 66.6 cm³/mol. The van der Waals surface area contributed by atoms with E-state index in [1.807, 2.05) is 0 Å². The largest absolute Gasteiger partial charge is 0.443 e. The fraction of sp³-hybridized carbons (Fsp3) is 0.0769. The second-order valence-electron chi connectivity index (χ2n) is 4.12. The van der Waals surface area contributed by atoms with E-state index in [2.05, 4.69) is 4.98 Å². The van der Waals surface area contributed by atoms with Crippen molar-refractivity contribution >= 4 is 16.8 Å². The van der Waals surface area contributed by atoms with Crippen LogP contribution in [0.4, 0.5) is 4.39 Å². The fourth-order valence-electron chi connectivity index (χ4n) is 2.10. The first-order valence-electron chi connectivity index (χ1n) is 5.62. The van der Waals surface area contributed by atoms with Gasteiger partial charge in [0, 0.05) is 10.9 Å². The van der Waals surface area contributed by atoms with E-state index in [9.17, 15) is 9.18 Å². The molecule has 96 valence electrons. The van der Waals surface area contributed by atoms with Crippen LogP contribution in [-0.2, 0) is 11.3 Å². The summed E-state index contributed by atoms with van der Waals surface area (Å²) in [6, 6.07) is 6.03. The number of carbonyl (C=O) groups excluding carboxylic acids is 1. The van der Waals surface area contributed by atoms with Crippen LogP contribution in [0, 0.1) is 5.82 Å². The third-order valence-corrected chi connectivity index (χ3v) is 2.83. The smallest absolute Gasteiger partial charge is 0.243 e. The number of hydrogen-bond donors (Lipinski definition) is 1. The highest BCUT2D eigenvalue weighted by Gasteiger charge is 2.15. The number of halogens is 1. The van der Waals surface area contributed by atoms with Crippen molar-refractivity contribution < 1.29 is 13.6 Å². The molecular formula is C13H10FN3O2. The van der Waals surface area contributed by atoms with Gasteiger partial charge in [-0.05, 0) is 24.3 Å². The Kier molecular flexibility index (Phi) is 2.56. The van der Waals surface area contributed by atoms with Crippen LogP contribution in [0.3, 0.4) is 0 Å². The standard InChI is InChI=1S/C13H10FN3O2/c14-9-1-2-10-8(5-9)6-11(13-16-3-4-19-13)17(10)7-12(15)18/h1-6H,7H2,(H2,15,18). The maximum Gasteiger partial charge on any atom is 0.243 e. The Labute approximate surface area is 107 Å². The van der Waals surface area contributed by atoms with Gasteiger partial charge in [-0.2, -0.15) is 0 Å². The number of amides is 1. The van der Waals surface area contributed by atoms with E-state index in [4.69, 9.17) is 10.2 Å². The van der Waals surface area contributed by atoms with Crippen molar-refractivity contribution in [2.75, 3.05) is 0 Å². The van der Waals surface area contributed by atoms with Gasteiger partial charge in [0.1, 0.15) is 24.3 Å². The first-order chi connectivity index (χ1) is 9.15. The molecule has 3 aromatic rings. The van der Waals surface area contributed by atoms with Crippen LogP contribution in [-0.4, -0.2) is 15.5 Å². The van der Waals surface area contributed by atoms with E-state index in [-0.39, 0.29) is 12.4 Å². The van der Waals surface area contributed by atoms with E-state index in [0.717, 1.165) is 0 Å². The van der Waals surface area contributed by atoms with Crippen molar-refractivity contribution in [3.05, 3.63) is 42.5 Å². The Balaban J connectivity index is 2.27. The van der Waals surface area contributed by atoms with Gasteiger partial charge in [0.05, 0.1) is 6.20 Å². The van der Waals surface area contributed by atoms with Crippen LogP contribution < -0.4 is 5.73 Å². The summed E-state index contributed by atoms with van der Waals surface area (Å²) >= 11 is 0. The third-order valence-electron chi connectivity index (χ3n) is 2.83. The monoisotopic (exact) mass is 259 g/mol. The number of aromatic nitrogens is 2. The molecule has 1 amide bonds. The molecule has 0 saturated heterocycles. The predicted octanol–water partition coefficient (Wildman–Crippen LogP) is 1.92. The molecule has 0 aliphatic rings. The molecular weight excluding hydrogens is 249 g/mol. The van der Waals surface area contributed by atoms with Gasteiger partial charge in [-0.25, -0.2) is 9.37 Å². The zero-order valence-electron chi connectivity index (χ0n) is 9.84. The molecule has 6 heteroatoms. The highest BCUT2D eigenvalue weighted by molar-refractivity contribution is 5.88. The third kappa shape index (κ3) is 1.97. The molecule has 3 rings (SSSR count). The maximum atomic E-state index is 13.2. The Bertz CT molecular complexity index is 747. The Morgan fingerprint density at radius 1 is 1.42 bits per heavy atom. The van der Waals surface area contributed by atoms with Crippen molar-refractivity contribution in [3.8, 4) is 11.6 Å². The molecule has 0 radical (unpaired) electrons. The van der Waals surface area contributed by atoms with Crippen LogP contribution >= 0.6 is 0 Å². The molecule has 0 spiro atoms. The van der Waals surface area contributed by atoms with Crippen LogP contribution in [0.1, 0.15) is 0 Å². The first kappa shape index (κ1) is 11.5. The lowest BCUT2D eigenvalue weighted by Gasteiger charge is -2.05. The minimum atomic E-state index is -0.491. The zero-order chi connectivity index (χ0) is 13.4. The maximum absolute atomic E-state index is 13.2. The summed E-state index contributed by atoms with van der Waals surface area (Å²) in [7, 11) is 0. The highest BCUT2D eigenvalue weighted by Crippen LogP contribution is 2.27. The lowest BCUT2D eigenvalue weighted by atomic mass is 10.2. The number of hydrogen-bond acceptors (Lipinski definition) is 3. The van der Waals surface area contributed by atoms with E-state index in [0.29, 0.717) is 22.5 Å². The van der Waals surface area contributed by atoms with Gasteiger partial charge in [-0.3, -0.25) is 4.79 Å². The molecule has 2 aromatic heterocycles. The molecule has 2 N–H and O–H groups in total. The number of fused-ring (bicyclic) bond motifs is 1. The number of benzene rings is 1. The van der Waals surface area contributed by atoms with Crippen molar-refractivity contribution in [2.24, 2.45) is 5.73 Å². The van der Waals surface area contributed by atoms with Gasteiger partial charge >= 0.3 is 0 Å². The van der Waals surface area contributed by atoms with Gasteiger partial charge in [-0.15, -0.1) is 0 Å². The average molecular weight is 259 g/mol. The summed E-state index contributed by atoms with van der Waals surface area (Å²) in [5, 5.41) is 0.662. The van der Waals surface area contributed by atoms with E-state index in [1.54, 1.807) is 16.7 Å². The second kappa shape index (κ2) is 4.24. The van der Waals surface area contributed by atoms with E-state index >= 15 is 0 Å². The highest BCUT2D eigenvalue weighted by atomic mass is 19.1. The SMILES string of the molecule is NC(=O)Cn1c(-c2ncco2)cc2cc(F)ccc21. The Morgan fingerprint density at radius 3 is 2.95 bits per heavy atom. The number of primary amides is 1. The number of oxazole rings is 1. The summed E-state index contributed by atoms with van der Waals surface area (Å²) < 4.78 is 20.1. The van der Waals surface area contributed by atoms with Crippen LogP contribution in [0.25, 0.3) is 22.5 Å². The molecule has 5 nitrogen and oxygen atoms in total. The van der Waals surface area contributed by atoms with Gasteiger partial charge in [0.2, 0.25) is 11.8 Å². The Morgan fingerprint density at radius 2 is 2.26 bits per heavy atom. The molecule has 19 heavy (non-hydrogen) atoms. The first-order valence-corrected chi connectivity index (χ1v) is 5.62. The van der Waals surface area contributed by atoms with Crippen molar-refractivity contribution in [3.63, 3.8) is 0 Å². The minimum absolute atomic E-state index is 0.0210. The minimum Gasteiger partial charge on any atom is -0.443 e. The van der Waals surface area contributed by atoms with E-state index in [1.165, 1.54) is 24.6 Å². The van der Waals surface area contributed by atoms with Crippen LogP contribution in [0.2, 0.25) is 0 Å². The molecule has 0 unspecified atom stereocenters. The number of nitrogens with zero attached hydrogens (tertiary/aromatic N) is 2. The molecule has 1 aromatic carbocycles. The molecule has 0 fully saturated rings. The molecule has 2 heterocycles. The van der Waals surface area contributed by atoms with Crippen LogP contribution in [0.5, 0.6) is 0 Å². The summed E-state index contributed by atoms with van der Waals surface area (Å²) in [6.07, 6.45) is 2.93. The molecule has 0 bridgehead atoms. The molecule has 0 atom stereocenters. The summed E-state index contributed by atoms with van der Waals surface area (Å²) in [6.45, 7) is -0.0210. The van der Waals surface area contributed by atoms with Crippen molar-refractivity contribution in [1.29, 1.82) is 0 Å². The average Bonchev–Trinajstić information content (AvgIpc) is 2.96. The fourth-order valence-corrected chi connectivity index (χ4v) is 2.10. The lowest BCUT2D eigenvalue weighted by Crippen LogP contribution is -2.19. The number of nitrogens with two attached hydrogens (primary N) is 1. The molecule has 0 aliphatic heterocycles. The van der Waals surface area contributed by atoms with E-state index < -0.39 is 5.91 Å². The second-order valence-corrected chi connectivity index (χ2v) is 4.12. The van der Waals surface area contributed by atoms with Crippen molar-refractivity contribution in [2.45, 2.75) is 6.54 Å². The molecule has 0 aliphatic carbocycles. The topological polar surface area (TPSA) is 74.1 Å². The Hall–Kier alpha value is -2.63.